The molecule has 0 unspecified atom stereocenters. The summed E-state index contributed by atoms with van der Waals surface area (Å²) < 4.78 is 2.21. The highest BCUT2D eigenvalue weighted by Crippen LogP contribution is 2.62. The van der Waals surface area contributed by atoms with Gasteiger partial charge in [-0.3, -0.25) is 4.68 Å². The van der Waals surface area contributed by atoms with Gasteiger partial charge in [0, 0.05) is 18.8 Å². The quantitative estimate of drug-likeness (QED) is 0.709. The second-order valence-electron chi connectivity index (χ2n) is 12.3. The van der Waals surface area contributed by atoms with Crippen LogP contribution in [0.4, 0.5) is 0 Å². The van der Waals surface area contributed by atoms with Gasteiger partial charge in [-0.2, -0.15) is 5.10 Å². The fraction of sp³-hybridized carbons (Fsp3) is 0.808. The van der Waals surface area contributed by atoms with E-state index >= 15 is 0 Å². The smallest absolute Gasteiger partial charge is 0.0524 e. The van der Waals surface area contributed by atoms with Gasteiger partial charge in [-0.1, -0.05) is 46.8 Å². The zero-order valence-electron chi connectivity index (χ0n) is 19.9. The molecule has 0 spiro atoms. The second kappa shape index (κ2) is 7.48. The molecule has 2 fully saturated rings. The van der Waals surface area contributed by atoms with Gasteiger partial charge in [0.15, 0.2) is 0 Å². The molecule has 0 amide bonds. The van der Waals surface area contributed by atoms with Crippen LogP contribution in [0.15, 0.2) is 18.3 Å². The predicted octanol–water partition coefficient (Wildman–Crippen LogP) is 4.60. The molecule has 3 N–H and O–H groups in total. The Morgan fingerprint density at radius 1 is 1.27 bits per heavy atom. The van der Waals surface area contributed by atoms with Crippen molar-refractivity contribution in [2.24, 2.45) is 45.7 Å². The Bertz CT molecular complexity index is 806. The van der Waals surface area contributed by atoms with Crippen molar-refractivity contribution in [2.75, 3.05) is 13.2 Å². The molecule has 30 heavy (non-hydrogen) atoms. The van der Waals surface area contributed by atoms with Crippen molar-refractivity contribution >= 4 is 0 Å². The molecule has 6 atom stereocenters. The minimum absolute atomic E-state index is 0.0760. The maximum Gasteiger partial charge on any atom is 0.0524 e. The monoisotopic (exact) mass is 413 g/mol. The van der Waals surface area contributed by atoms with Gasteiger partial charge in [-0.05, 0) is 90.5 Å². The predicted molar refractivity (Wildman–Crippen MR) is 123 cm³/mol. The van der Waals surface area contributed by atoms with E-state index < -0.39 is 0 Å². The third-order valence-corrected chi connectivity index (χ3v) is 9.33. The Labute approximate surface area is 183 Å². The van der Waals surface area contributed by atoms with E-state index in [4.69, 9.17) is 10.8 Å². The number of hydrogen-bond acceptors (Lipinski definition) is 3. The fourth-order valence-corrected chi connectivity index (χ4v) is 7.49. The lowest BCUT2D eigenvalue weighted by Gasteiger charge is -2.55. The van der Waals surface area contributed by atoms with E-state index in [1.54, 1.807) is 0 Å². The van der Waals surface area contributed by atoms with E-state index in [0.717, 1.165) is 32.4 Å². The third kappa shape index (κ3) is 3.39. The van der Waals surface area contributed by atoms with Crippen LogP contribution in [0, 0.1) is 39.9 Å². The summed E-state index contributed by atoms with van der Waals surface area (Å²) in [5, 5.41) is 15.3. The first-order valence-electron chi connectivity index (χ1n) is 12.1. The standard InChI is InChI=1S/C26H43N3O/c1-17-7-8-21-20(13-27)22(9-10-25(17,21)5)26(6)12-18-14-28-29(16-24(2,3)4)23(18)11-19(26)15-30/h14,19-22,30H,1,7-13,15-16,27H2,2-6H3/t19-,20+,21+,22+,25-,26+/m1/s1. The highest BCUT2D eigenvalue weighted by atomic mass is 16.3. The van der Waals surface area contributed by atoms with Crippen molar-refractivity contribution in [3.05, 3.63) is 29.6 Å². The summed E-state index contributed by atoms with van der Waals surface area (Å²) in [6.45, 7) is 18.0. The van der Waals surface area contributed by atoms with E-state index in [-0.39, 0.29) is 28.8 Å². The maximum absolute atomic E-state index is 10.5. The summed E-state index contributed by atoms with van der Waals surface area (Å²) in [5.74, 6) is 2.00. The summed E-state index contributed by atoms with van der Waals surface area (Å²) in [6, 6.07) is 0. The number of fused-ring (bicyclic) bond motifs is 2. The van der Waals surface area contributed by atoms with Crippen molar-refractivity contribution in [2.45, 2.75) is 79.7 Å². The average molecular weight is 414 g/mol. The molecule has 168 valence electrons. The number of hydrogen-bond donors (Lipinski definition) is 2. The van der Waals surface area contributed by atoms with Gasteiger partial charge in [0.2, 0.25) is 0 Å². The lowest BCUT2D eigenvalue weighted by molar-refractivity contribution is -0.0540. The maximum atomic E-state index is 10.5. The highest BCUT2D eigenvalue weighted by molar-refractivity contribution is 5.27. The number of aliphatic hydroxyl groups is 1. The molecule has 0 aliphatic heterocycles. The van der Waals surface area contributed by atoms with E-state index in [1.165, 1.54) is 36.1 Å². The van der Waals surface area contributed by atoms with E-state index in [0.29, 0.717) is 17.8 Å². The van der Waals surface area contributed by atoms with Crippen LogP contribution < -0.4 is 5.73 Å². The van der Waals surface area contributed by atoms with Gasteiger partial charge in [0.1, 0.15) is 0 Å². The van der Waals surface area contributed by atoms with Crippen LogP contribution in [-0.2, 0) is 19.4 Å². The van der Waals surface area contributed by atoms with Crippen molar-refractivity contribution < 1.29 is 5.11 Å². The van der Waals surface area contributed by atoms with Crippen molar-refractivity contribution in [3.8, 4) is 0 Å². The number of nitrogens with zero attached hydrogens (tertiary/aromatic N) is 2. The van der Waals surface area contributed by atoms with Gasteiger partial charge in [0.05, 0.1) is 6.20 Å². The van der Waals surface area contributed by atoms with Gasteiger partial charge in [-0.25, -0.2) is 0 Å². The van der Waals surface area contributed by atoms with Crippen LogP contribution in [-0.4, -0.2) is 28.0 Å². The van der Waals surface area contributed by atoms with Crippen LogP contribution in [0.3, 0.4) is 0 Å². The Kier molecular flexibility index (Phi) is 5.50. The molecule has 3 aliphatic carbocycles. The molecule has 1 aromatic heterocycles. The molecule has 1 heterocycles. The van der Waals surface area contributed by atoms with E-state index in [2.05, 4.69) is 52.1 Å². The van der Waals surface area contributed by atoms with Crippen LogP contribution in [0.1, 0.15) is 71.6 Å². The SMILES string of the molecule is C=C1CC[C@H]2[C@H](CN)[C@@H]([C@@]3(C)Cc4cnn(CC(C)(C)C)c4C[C@@H]3CO)CC[C@]12C. The molecule has 0 saturated heterocycles. The molecule has 4 nitrogen and oxygen atoms in total. The minimum Gasteiger partial charge on any atom is -0.396 e. The Hall–Kier alpha value is -1.13. The number of aromatic nitrogens is 2. The minimum atomic E-state index is 0.0760. The highest BCUT2D eigenvalue weighted by Gasteiger charge is 2.56. The molecular formula is C26H43N3O. The summed E-state index contributed by atoms with van der Waals surface area (Å²) in [6.07, 6.45) is 8.88. The lowest BCUT2D eigenvalue weighted by Crippen LogP contribution is -2.53. The number of allylic oxidation sites excluding steroid dienone is 1. The first-order chi connectivity index (χ1) is 14.0. The van der Waals surface area contributed by atoms with Crippen LogP contribution >= 0.6 is 0 Å². The third-order valence-electron chi connectivity index (χ3n) is 9.33. The first kappa shape index (κ1) is 22.1. The molecular weight excluding hydrogens is 370 g/mol. The van der Waals surface area contributed by atoms with Crippen LogP contribution in [0.25, 0.3) is 0 Å². The van der Waals surface area contributed by atoms with Crippen molar-refractivity contribution in [1.82, 2.24) is 9.78 Å². The lowest BCUT2D eigenvalue weighted by atomic mass is 9.49. The number of aliphatic hydroxyl groups excluding tert-OH is 1. The van der Waals surface area contributed by atoms with E-state index in [9.17, 15) is 5.11 Å². The fourth-order valence-electron chi connectivity index (χ4n) is 7.49. The normalized spacial score (nSPS) is 39.1. The Morgan fingerprint density at radius 2 is 2.00 bits per heavy atom. The topological polar surface area (TPSA) is 64.1 Å². The van der Waals surface area contributed by atoms with Gasteiger partial charge in [-0.15, -0.1) is 0 Å². The Morgan fingerprint density at radius 3 is 2.63 bits per heavy atom. The van der Waals surface area contributed by atoms with Crippen LogP contribution in [0.5, 0.6) is 0 Å². The first-order valence-corrected chi connectivity index (χ1v) is 12.1. The largest absolute Gasteiger partial charge is 0.396 e. The Balaban J connectivity index is 1.66. The van der Waals surface area contributed by atoms with Crippen molar-refractivity contribution in [3.63, 3.8) is 0 Å². The molecule has 0 radical (unpaired) electrons. The molecule has 4 heteroatoms. The molecule has 2 saturated carbocycles. The summed E-state index contributed by atoms with van der Waals surface area (Å²) in [7, 11) is 0. The summed E-state index contributed by atoms with van der Waals surface area (Å²) in [4.78, 5) is 0. The summed E-state index contributed by atoms with van der Waals surface area (Å²) >= 11 is 0. The van der Waals surface area contributed by atoms with Gasteiger partial charge < -0.3 is 10.8 Å². The molecule has 1 aromatic rings. The van der Waals surface area contributed by atoms with Crippen molar-refractivity contribution in [1.29, 1.82) is 0 Å². The second-order valence-corrected chi connectivity index (χ2v) is 12.3. The average Bonchev–Trinajstić information content (AvgIpc) is 3.18. The van der Waals surface area contributed by atoms with Crippen LogP contribution in [0.2, 0.25) is 0 Å². The molecule has 3 aliphatic rings. The van der Waals surface area contributed by atoms with Gasteiger partial charge in [0.25, 0.3) is 0 Å². The molecule has 4 rings (SSSR count). The number of nitrogens with two attached hydrogens (primary N) is 1. The number of rotatable bonds is 4. The molecule has 0 aromatic carbocycles. The zero-order valence-corrected chi connectivity index (χ0v) is 19.9. The zero-order chi connectivity index (χ0) is 21.9. The van der Waals surface area contributed by atoms with Gasteiger partial charge >= 0.3 is 0 Å². The van der Waals surface area contributed by atoms with E-state index in [1.807, 2.05) is 0 Å². The summed E-state index contributed by atoms with van der Waals surface area (Å²) in [5.41, 5.74) is 11.2. The molecule has 0 bridgehead atoms.